The Labute approximate surface area is 573 Å². The van der Waals surface area contributed by atoms with Gasteiger partial charge in [0, 0.05) is 19.3 Å². The van der Waals surface area contributed by atoms with Crippen LogP contribution in [0.5, 0.6) is 0 Å². The Hall–Kier alpha value is -5.35. The molecule has 16 nitrogen and oxygen atoms in total. The summed E-state index contributed by atoms with van der Waals surface area (Å²) < 4.78 is 60.9. The maximum absolute atomic E-state index is 12.9. The zero-order valence-corrected chi connectivity index (χ0v) is 59.8. The largest absolute Gasteiger partial charge is 0.472 e. The lowest BCUT2D eigenvalue weighted by Gasteiger charge is -2.21. The van der Waals surface area contributed by atoms with Crippen LogP contribution < -0.4 is 0 Å². The molecule has 0 saturated heterocycles. The zero-order chi connectivity index (χ0) is 69.5. The minimum atomic E-state index is -4.95. The first-order valence-electron chi connectivity index (χ1n) is 35.1. The van der Waals surface area contributed by atoms with E-state index in [1.54, 1.807) is 0 Å². The van der Waals surface area contributed by atoms with Crippen molar-refractivity contribution in [2.24, 2.45) is 0 Å². The smallest absolute Gasteiger partial charge is 0.463 e. The van der Waals surface area contributed by atoms with E-state index in [0.29, 0.717) is 19.3 Å². The number of unbranched alkanes of at least 4 members (excludes halogenated alkanes) is 11. The zero-order valence-electron chi connectivity index (χ0n) is 58.0. The summed E-state index contributed by atoms with van der Waals surface area (Å²) in [6.07, 6.45) is 86.5. The molecule has 0 aliphatic carbocycles. The quantitative estimate of drug-likeness (QED) is 0.0146. The number of aliphatic hydroxyl groups excluding tert-OH is 2. The van der Waals surface area contributed by atoms with E-state index in [2.05, 4.69) is 203 Å². The van der Waals surface area contributed by atoms with Gasteiger partial charge in [0.1, 0.15) is 25.4 Å². The monoisotopic (exact) mass is 1360 g/mol. The molecular formula is C77H122O16P2. The molecule has 536 valence electrons. The second-order valence-corrected chi connectivity index (χ2v) is 25.4. The molecule has 0 amide bonds. The molecule has 95 heavy (non-hydrogen) atoms. The standard InChI is InChI=1S/C77H122O16P2/c1-4-7-10-13-16-19-22-25-28-31-33-34-35-36-38-41-42-45-48-51-54-57-60-63-75(80)87-66-72(78)67-89-94(83,84)90-68-73(79)69-91-95(85,86)92-71-74(93-77(82)65-62-59-56-53-50-47-44-39-30-27-24-21-18-15-12-9-6-3)70-88-76(81)64-61-58-55-52-49-46-43-40-37-32-29-26-23-20-17-14-11-8-5-2/h7-12,16-21,25-30,33-34,36-38,40,42,44-47,49,72-74,78-79H,4-6,13-15,22-24,31-32,35,39,41,43,48,50-71H2,1-3H3,(H,83,84)(H,85,86)/b10-7-,11-8-,12-9-,19-16-,20-17-,21-18-,28-25-,29-26-,30-27-,34-33-,38-36-,40-37-,45-42-,47-44-,49-46-. The fourth-order valence-electron chi connectivity index (χ4n) is 8.35. The highest BCUT2D eigenvalue weighted by molar-refractivity contribution is 7.47. The minimum Gasteiger partial charge on any atom is -0.463 e. The average Bonchev–Trinajstić information content (AvgIpc) is 2.05. The number of rotatable bonds is 64. The third-order valence-electron chi connectivity index (χ3n) is 13.6. The first-order chi connectivity index (χ1) is 46.2. The summed E-state index contributed by atoms with van der Waals surface area (Å²) in [5.41, 5.74) is 0. The number of carbonyl (C=O) groups is 3. The van der Waals surface area contributed by atoms with Gasteiger partial charge in [-0.1, -0.05) is 235 Å². The van der Waals surface area contributed by atoms with Crippen molar-refractivity contribution in [2.75, 3.05) is 39.6 Å². The van der Waals surface area contributed by atoms with Crippen LogP contribution in [0.2, 0.25) is 0 Å². The average molecular weight is 1370 g/mol. The van der Waals surface area contributed by atoms with Crippen LogP contribution >= 0.6 is 15.6 Å². The van der Waals surface area contributed by atoms with Crippen molar-refractivity contribution in [1.82, 2.24) is 0 Å². The maximum atomic E-state index is 12.9. The molecule has 0 fully saturated rings. The van der Waals surface area contributed by atoms with Crippen molar-refractivity contribution in [1.29, 1.82) is 0 Å². The lowest BCUT2D eigenvalue weighted by atomic mass is 10.1. The molecule has 0 aromatic carbocycles. The Morgan fingerprint density at radius 1 is 0.295 bits per heavy atom. The summed E-state index contributed by atoms with van der Waals surface area (Å²) in [5.74, 6) is -1.68. The maximum Gasteiger partial charge on any atom is 0.472 e. The predicted molar refractivity (Wildman–Crippen MR) is 389 cm³/mol. The molecule has 4 N–H and O–H groups in total. The number of ether oxygens (including phenoxy) is 3. The van der Waals surface area contributed by atoms with Gasteiger partial charge in [-0.3, -0.25) is 32.5 Å². The van der Waals surface area contributed by atoms with Crippen LogP contribution in [-0.2, 0) is 55.8 Å². The van der Waals surface area contributed by atoms with Gasteiger partial charge in [0.2, 0.25) is 0 Å². The Kier molecular flexibility index (Phi) is 64.7. The van der Waals surface area contributed by atoms with Crippen LogP contribution in [0.15, 0.2) is 182 Å². The number of phosphoric ester groups is 2. The predicted octanol–water partition coefficient (Wildman–Crippen LogP) is 19.9. The molecule has 0 radical (unpaired) electrons. The summed E-state index contributed by atoms with van der Waals surface area (Å²) in [5, 5.41) is 20.6. The lowest BCUT2D eigenvalue weighted by Crippen LogP contribution is -2.30. The normalized spacial score (nSPS) is 15.2. The molecule has 0 heterocycles. The summed E-state index contributed by atoms with van der Waals surface area (Å²) in [6, 6.07) is 0. The molecule has 0 aliphatic heterocycles. The van der Waals surface area contributed by atoms with Crippen molar-refractivity contribution in [3.63, 3.8) is 0 Å². The molecule has 0 aromatic rings. The number of aliphatic hydroxyl groups is 2. The highest BCUT2D eigenvalue weighted by Gasteiger charge is 2.29. The van der Waals surface area contributed by atoms with E-state index in [1.807, 2.05) is 0 Å². The van der Waals surface area contributed by atoms with Crippen LogP contribution in [0.1, 0.15) is 226 Å². The molecular weight excluding hydrogens is 1240 g/mol. The van der Waals surface area contributed by atoms with E-state index >= 15 is 0 Å². The van der Waals surface area contributed by atoms with Gasteiger partial charge in [-0.05, 0) is 154 Å². The molecule has 0 rings (SSSR count). The second kappa shape index (κ2) is 68.6. The van der Waals surface area contributed by atoms with Gasteiger partial charge in [-0.2, -0.15) is 0 Å². The van der Waals surface area contributed by atoms with Crippen molar-refractivity contribution in [3.05, 3.63) is 182 Å². The number of phosphoric acid groups is 2. The number of allylic oxidation sites excluding steroid dienone is 30. The molecule has 5 unspecified atom stereocenters. The lowest BCUT2D eigenvalue weighted by molar-refractivity contribution is -0.161. The molecule has 0 saturated carbocycles. The Morgan fingerprint density at radius 2 is 0.526 bits per heavy atom. The van der Waals surface area contributed by atoms with Gasteiger partial charge in [0.05, 0.1) is 26.4 Å². The third kappa shape index (κ3) is 69.8. The van der Waals surface area contributed by atoms with Gasteiger partial charge in [0.15, 0.2) is 6.10 Å². The van der Waals surface area contributed by atoms with Crippen LogP contribution in [0.3, 0.4) is 0 Å². The molecule has 0 spiro atoms. The molecule has 0 aromatic heterocycles. The van der Waals surface area contributed by atoms with E-state index in [4.69, 9.17) is 32.3 Å². The summed E-state index contributed by atoms with van der Waals surface area (Å²) in [7, 11) is -9.83. The fourth-order valence-corrected chi connectivity index (χ4v) is 9.94. The van der Waals surface area contributed by atoms with Crippen LogP contribution in [0.4, 0.5) is 0 Å². The fraction of sp³-hybridized carbons (Fsp3) is 0.571. The number of esters is 3. The number of hydrogen-bond acceptors (Lipinski definition) is 14. The first kappa shape index (κ1) is 89.6. The summed E-state index contributed by atoms with van der Waals surface area (Å²) >= 11 is 0. The SMILES string of the molecule is CC/C=C\C/C=C\C/C=C\C/C=C\C/C=C\C/C=C\CCCCCCC(=O)OCC(O)COP(=O)(O)OCC(O)COP(=O)(O)OCC(COC(=O)CCCCC/C=C\C/C=C\C/C=C\C/C=C\C/C=C\CC)OC(=O)CCCCCC/C=C\C/C=C\C/C=C\C/C=C\CC. The highest BCUT2D eigenvalue weighted by Crippen LogP contribution is 2.45. The summed E-state index contributed by atoms with van der Waals surface area (Å²) in [6.45, 7) is 2.19. The molecule has 5 atom stereocenters. The van der Waals surface area contributed by atoms with Crippen molar-refractivity contribution < 1.29 is 75.8 Å². The summed E-state index contributed by atoms with van der Waals surface area (Å²) in [4.78, 5) is 58.5. The van der Waals surface area contributed by atoms with Crippen molar-refractivity contribution in [2.45, 2.75) is 245 Å². The topological polar surface area (TPSA) is 231 Å². The van der Waals surface area contributed by atoms with Gasteiger partial charge < -0.3 is 34.2 Å². The van der Waals surface area contributed by atoms with Crippen molar-refractivity contribution in [3.8, 4) is 0 Å². The minimum absolute atomic E-state index is 0.0603. The first-order valence-corrected chi connectivity index (χ1v) is 38.1. The van der Waals surface area contributed by atoms with Crippen LogP contribution in [0, 0.1) is 0 Å². The second-order valence-electron chi connectivity index (χ2n) is 22.5. The van der Waals surface area contributed by atoms with E-state index in [-0.39, 0.29) is 19.3 Å². The number of hydrogen-bond donors (Lipinski definition) is 4. The Bertz CT molecular complexity index is 2460. The Balaban J connectivity index is 4.77. The molecule has 0 aliphatic rings. The van der Waals surface area contributed by atoms with E-state index in [9.17, 15) is 43.5 Å². The van der Waals surface area contributed by atoms with Gasteiger partial charge in [-0.15, -0.1) is 0 Å². The number of carbonyl (C=O) groups excluding carboxylic acids is 3. The van der Waals surface area contributed by atoms with E-state index in [0.717, 1.165) is 167 Å². The Morgan fingerprint density at radius 3 is 0.832 bits per heavy atom. The van der Waals surface area contributed by atoms with E-state index in [1.165, 1.54) is 0 Å². The highest BCUT2D eigenvalue weighted by atomic mass is 31.2. The van der Waals surface area contributed by atoms with Gasteiger partial charge in [-0.25, -0.2) is 9.13 Å². The van der Waals surface area contributed by atoms with Crippen LogP contribution in [-0.4, -0.2) is 95.9 Å². The molecule has 0 bridgehead atoms. The van der Waals surface area contributed by atoms with Gasteiger partial charge >= 0.3 is 33.6 Å². The van der Waals surface area contributed by atoms with Crippen molar-refractivity contribution >= 4 is 33.6 Å². The van der Waals surface area contributed by atoms with Gasteiger partial charge in [0.25, 0.3) is 0 Å². The van der Waals surface area contributed by atoms with Crippen LogP contribution in [0.25, 0.3) is 0 Å². The molecule has 18 heteroatoms. The van der Waals surface area contributed by atoms with E-state index < -0.39 is 91.5 Å². The third-order valence-corrected chi connectivity index (χ3v) is 15.5.